The van der Waals surface area contributed by atoms with Crippen molar-refractivity contribution in [1.29, 1.82) is 0 Å². The van der Waals surface area contributed by atoms with Crippen molar-refractivity contribution in [1.82, 2.24) is 0 Å². The van der Waals surface area contributed by atoms with E-state index < -0.39 is 0 Å². The van der Waals surface area contributed by atoms with Gasteiger partial charge >= 0.3 is 0 Å². The van der Waals surface area contributed by atoms with Gasteiger partial charge in [0.25, 0.3) is 0 Å². The minimum atomic E-state index is 0.142. The summed E-state index contributed by atoms with van der Waals surface area (Å²) < 4.78 is 0. The van der Waals surface area contributed by atoms with Crippen LogP contribution in [0.5, 0.6) is 0 Å². The van der Waals surface area contributed by atoms with Gasteiger partial charge in [0.2, 0.25) is 0 Å². The highest BCUT2D eigenvalue weighted by atomic mass is 35.5. The average molecular weight is 287 g/mol. The molecule has 106 valence electrons. The first kappa shape index (κ1) is 15.1. The summed E-state index contributed by atoms with van der Waals surface area (Å²) in [5.41, 5.74) is 3.93. The Morgan fingerprint density at radius 1 is 0.800 bits per heavy atom. The van der Waals surface area contributed by atoms with Crippen LogP contribution in [0.15, 0.2) is 54.6 Å². The van der Waals surface area contributed by atoms with Crippen LogP contribution in [0.3, 0.4) is 0 Å². The SMILES string of the molecule is CC(C)CCC(Cl)c1ccc(Cc2ccccc2)cc1. The summed E-state index contributed by atoms with van der Waals surface area (Å²) in [7, 11) is 0. The molecule has 2 rings (SSSR count). The first-order valence-electron chi connectivity index (χ1n) is 7.42. The average Bonchev–Trinajstić information content (AvgIpc) is 2.46. The minimum absolute atomic E-state index is 0.142. The van der Waals surface area contributed by atoms with E-state index in [-0.39, 0.29) is 5.38 Å². The maximum absolute atomic E-state index is 6.46. The number of halogens is 1. The maximum atomic E-state index is 6.46. The fourth-order valence-electron chi connectivity index (χ4n) is 2.32. The second-order valence-corrected chi connectivity index (χ2v) is 6.37. The third-order valence-corrected chi connectivity index (χ3v) is 4.06. The highest BCUT2D eigenvalue weighted by Gasteiger charge is 2.08. The van der Waals surface area contributed by atoms with Crippen LogP contribution in [0.1, 0.15) is 48.8 Å². The Labute approximate surface area is 127 Å². The van der Waals surface area contributed by atoms with Gasteiger partial charge in [0.1, 0.15) is 0 Å². The van der Waals surface area contributed by atoms with E-state index in [1.807, 2.05) is 0 Å². The molecule has 0 fully saturated rings. The summed E-state index contributed by atoms with van der Waals surface area (Å²) in [6, 6.07) is 19.3. The van der Waals surface area contributed by atoms with Gasteiger partial charge in [0, 0.05) is 0 Å². The summed E-state index contributed by atoms with van der Waals surface area (Å²) in [5.74, 6) is 0.716. The number of alkyl halides is 1. The Morgan fingerprint density at radius 2 is 1.40 bits per heavy atom. The molecule has 0 saturated heterocycles. The predicted molar refractivity (Wildman–Crippen MR) is 88.4 cm³/mol. The largest absolute Gasteiger partial charge is 0.118 e. The van der Waals surface area contributed by atoms with Gasteiger partial charge in [-0.2, -0.15) is 0 Å². The van der Waals surface area contributed by atoms with E-state index >= 15 is 0 Å². The first-order valence-corrected chi connectivity index (χ1v) is 7.85. The quantitative estimate of drug-likeness (QED) is 0.572. The molecule has 0 bridgehead atoms. The third-order valence-electron chi connectivity index (χ3n) is 3.59. The summed E-state index contributed by atoms with van der Waals surface area (Å²) in [6.45, 7) is 4.49. The molecule has 0 radical (unpaired) electrons. The molecule has 0 spiro atoms. The molecule has 0 aromatic heterocycles. The molecule has 0 aliphatic heterocycles. The monoisotopic (exact) mass is 286 g/mol. The predicted octanol–water partition coefficient (Wildman–Crippen LogP) is 5.99. The smallest absolute Gasteiger partial charge is 0.0585 e. The molecule has 0 amide bonds. The van der Waals surface area contributed by atoms with Crippen molar-refractivity contribution in [3.8, 4) is 0 Å². The van der Waals surface area contributed by atoms with E-state index in [1.165, 1.54) is 23.1 Å². The van der Waals surface area contributed by atoms with E-state index in [4.69, 9.17) is 11.6 Å². The van der Waals surface area contributed by atoms with E-state index in [0.717, 1.165) is 12.8 Å². The van der Waals surface area contributed by atoms with Crippen LogP contribution in [0.2, 0.25) is 0 Å². The van der Waals surface area contributed by atoms with Gasteiger partial charge in [0.15, 0.2) is 0 Å². The van der Waals surface area contributed by atoms with Crippen LogP contribution < -0.4 is 0 Å². The van der Waals surface area contributed by atoms with Crippen molar-refractivity contribution in [3.63, 3.8) is 0 Å². The number of hydrogen-bond acceptors (Lipinski definition) is 0. The Hall–Kier alpha value is -1.27. The molecule has 1 atom stereocenters. The van der Waals surface area contributed by atoms with Gasteiger partial charge in [0.05, 0.1) is 5.38 Å². The molecular formula is C19H23Cl. The van der Waals surface area contributed by atoms with E-state index in [2.05, 4.69) is 68.4 Å². The van der Waals surface area contributed by atoms with Crippen LogP contribution in [-0.2, 0) is 6.42 Å². The number of benzene rings is 2. The molecule has 1 unspecified atom stereocenters. The van der Waals surface area contributed by atoms with E-state index in [9.17, 15) is 0 Å². The van der Waals surface area contributed by atoms with Gasteiger partial charge in [-0.1, -0.05) is 68.4 Å². The van der Waals surface area contributed by atoms with Crippen molar-refractivity contribution >= 4 is 11.6 Å². The van der Waals surface area contributed by atoms with Crippen LogP contribution >= 0.6 is 11.6 Å². The minimum Gasteiger partial charge on any atom is -0.118 e. The summed E-state index contributed by atoms with van der Waals surface area (Å²) in [5, 5.41) is 0.142. The zero-order valence-corrected chi connectivity index (χ0v) is 13.1. The topological polar surface area (TPSA) is 0 Å². The molecule has 0 aliphatic carbocycles. The standard InChI is InChI=1S/C19H23Cl/c1-15(2)8-13-19(20)18-11-9-17(10-12-18)14-16-6-4-3-5-7-16/h3-7,9-12,15,19H,8,13-14H2,1-2H3. The van der Waals surface area contributed by atoms with Crippen LogP contribution in [-0.4, -0.2) is 0 Å². The molecule has 1 heteroatoms. The van der Waals surface area contributed by atoms with E-state index in [0.29, 0.717) is 5.92 Å². The molecule has 0 aliphatic rings. The van der Waals surface area contributed by atoms with Crippen molar-refractivity contribution in [2.45, 2.75) is 38.5 Å². The second-order valence-electron chi connectivity index (χ2n) is 5.84. The van der Waals surface area contributed by atoms with Crippen molar-refractivity contribution < 1.29 is 0 Å². The first-order chi connectivity index (χ1) is 9.65. The molecule has 20 heavy (non-hydrogen) atoms. The molecule has 0 nitrogen and oxygen atoms in total. The maximum Gasteiger partial charge on any atom is 0.0585 e. The molecule has 2 aromatic carbocycles. The summed E-state index contributed by atoms with van der Waals surface area (Å²) >= 11 is 6.46. The number of rotatable bonds is 6. The van der Waals surface area contributed by atoms with Gasteiger partial charge in [-0.3, -0.25) is 0 Å². The van der Waals surface area contributed by atoms with Crippen molar-refractivity contribution in [2.75, 3.05) is 0 Å². The molecular weight excluding hydrogens is 264 g/mol. The molecule has 0 saturated carbocycles. The Kier molecular flexibility index (Phi) is 5.67. The fraction of sp³-hybridized carbons (Fsp3) is 0.368. The van der Waals surface area contributed by atoms with Crippen LogP contribution in [0.4, 0.5) is 0 Å². The molecule has 0 N–H and O–H groups in total. The lowest BCUT2D eigenvalue weighted by atomic mass is 9.99. The van der Waals surface area contributed by atoms with Crippen LogP contribution in [0, 0.1) is 5.92 Å². The van der Waals surface area contributed by atoms with Crippen LogP contribution in [0.25, 0.3) is 0 Å². The molecule has 2 aromatic rings. The Bertz CT molecular complexity index is 499. The van der Waals surface area contributed by atoms with Gasteiger partial charge < -0.3 is 0 Å². The fourth-order valence-corrected chi connectivity index (χ4v) is 2.59. The van der Waals surface area contributed by atoms with Gasteiger partial charge in [-0.15, -0.1) is 11.6 Å². The normalized spacial score (nSPS) is 12.6. The Morgan fingerprint density at radius 3 is 2.00 bits per heavy atom. The molecule has 0 heterocycles. The zero-order chi connectivity index (χ0) is 14.4. The lowest BCUT2D eigenvalue weighted by Gasteiger charge is -2.12. The third kappa shape index (κ3) is 4.68. The van der Waals surface area contributed by atoms with Gasteiger partial charge in [-0.05, 0) is 41.9 Å². The van der Waals surface area contributed by atoms with E-state index in [1.54, 1.807) is 0 Å². The van der Waals surface area contributed by atoms with Gasteiger partial charge in [-0.25, -0.2) is 0 Å². The zero-order valence-electron chi connectivity index (χ0n) is 12.4. The summed E-state index contributed by atoms with van der Waals surface area (Å²) in [4.78, 5) is 0. The highest BCUT2D eigenvalue weighted by molar-refractivity contribution is 6.20. The second kappa shape index (κ2) is 7.50. The van der Waals surface area contributed by atoms with Crippen molar-refractivity contribution in [2.24, 2.45) is 5.92 Å². The highest BCUT2D eigenvalue weighted by Crippen LogP contribution is 2.27. The van der Waals surface area contributed by atoms with Crippen molar-refractivity contribution in [3.05, 3.63) is 71.3 Å². The Balaban J connectivity index is 1.96. The lowest BCUT2D eigenvalue weighted by Crippen LogP contribution is -1.95. The number of hydrogen-bond donors (Lipinski definition) is 0. The lowest BCUT2D eigenvalue weighted by molar-refractivity contribution is 0.549. The summed E-state index contributed by atoms with van der Waals surface area (Å²) in [6.07, 6.45) is 3.22.